The predicted octanol–water partition coefficient (Wildman–Crippen LogP) is 4.34. The zero-order chi connectivity index (χ0) is 23.2. The van der Waals surface area contributed by atoms with Gasteiger partial charge in [-0.25, -0.2) is 0 Å². The molecule has 1 aliphatic rings. The summed E-state index contributed by atoms with van der Waals surface area (Å²) < 4.78 is 16.4. The lowest BCUT2D eigenvalue weighted by Gasteiger charge is -2.28. The van der Waals surface area contributed by atoms with Crippen LogP contribution in [0.25, 0.3) is 0 Å². The van der Waals surface area contributed by atoms with E-state index in [9.17, 15) is 9.59 Å². The lowest BCUT2D eigenvalue weighted by atomic mass is 10.1. The average Bonchev–Trinajstić information content (AvgIpc) is 3.49. The third kappa shape index (κ3) is 5.74. The van der Waals surface area contributed by atoms with Crippen LogP contribution in [0.4, 0.5) is 0 Å². The van der Waals surface area contributed by atoms with E-state index in [1.165, 1.54) is 0 Å². The van der Waals surface area contributed by atoms with Crippen molar-refractivity contribution in [2.45, 2.75) is 26.9 Å². The van der Waals surface area contributed by atoms with Crippen LogP contribution in [0.3, 0.4) is 0 Å². The summed E-state index contributed by atoms with van der Waals surface area (Å²) in [5, 5.41) is 0. The number of ether oxygens (including phenoxy) is 2. The number of fused-ring (bicyclic) bond motifs is 1. The molecule has 172 valence electrons. The van der Waals surface area contributed by atoms with Gasteiger partial charge in [-0.05, 0) is 47.9 Å². The van der Waals surface area contributed by atoms with Gasteiger partial charge >= 0.3 is 0 Å². The lowest BCUT2D eigenvalue weighted by Crippen LogP contribution is -2.43. The Morgan fingerprint density at radius 1 is 0.909 bits per heavy atom. The summed E-state index contributed by atoms with van der Waals surface area (Å²) in [5.74, 6) is 1.94. The zero-order valence-corrected chi connectivity index (χ0v) is 18.9. The number of nitrogens with zero attached hydrogens (tertiary/aromatic N) is 2. The van der Waals surface area contributed by atoms with Crippen molar-refractivity contribution in [3.05, 3.63) is 83.8 Å². The number of benzene rings is 2. The van der Waals surface area contributed by atoms with Crippen molar-refractivity contribution in [1.82, 2.24) is 9.80 Å². The van der Waals surface area contributed by atoms with Gasteiger partial charge in [0.25, 0.3) is 5.91 Å². The van der Waals surface area contributed by atoms with E-state index < -0.39 is 0 Å². The highest BCUT2D eigenvalue weighted by molar-refractivity contribution is 5.96. The molecule has 2 aromatic carbocycles. The van der Waals surface area contributed by atoms with E-state index in [1.54, 1.807) is 34.3 Å². The predicted molar refractivity (Wildman–Crippen MR) is 123 cm³/mol. The SMILES string of the molecule is CC(C)CN(CC(=O)N(Cc1ccc2c(c1)OCO2)Cc1ccco1)C(=O)c1ccccc1. The highest BCUT2D eigenvalue weighted by Gasteiger charge is 2.24. The molecule has 1 aliphatic heterocycles. The second kappa shape index (κ2) is 10.3. The van der Waals surface area contributed by atoms with Gasteiger partial charge in [0.2, 0.25) is 12.7 Å². The van der Waals surface area contributed by atoms with E-state index >= 15 is 0 Å². The Labute approximate surface area is 193 Å². The molecule has 33 heavy (non-hydrogen) atoms. The summed E-state index contributed by atoms with van der Waals surface area (Å²) in [4.78, 5) is 29.9. The molecule has 4 rings (SSSR count). The molecular formula is C26H28N2O5. The lowest BCUT2D eigenvalue weighted by molar-refractivity contribution is -0.133. The highest BCUT2D eigenvalue weighted by atomic mass is 16.7. The molecule has 1 aromatic heterocycles. The van der Waals surface area contributed by atoms with Gasteiger partial charge in [-0.15, -0.1) is 0 Å². The van der Waals surface area contributed by atoms with E-state index in [0.717, 1.165) is 5.56 Å². The van der Waals surface area contributed by atoms with E-state index in [-0.39, 0.29) is 31.1 Å². The number of amides is 2. The number of carbonyl (C=O) groups is 2. The van der Waals surface area contributed by atoms with Crippen molar-refractivity contribution in [2.75, 3.05) is 19.9 Å². The van der Waals surface area contributed by atoms with Gasteiger partial charge in [0, 0.05) is 18.7 Å². The van der Waals surface area contributed by atoms with Crippen LogP contribution < -0.4 is 9.47 Å². The topological polar surface area (TPSA) is 72.2 Å². The summed E-state index contributed by atoms with van der Waals surface area (Å²) in [6.07, 6.45) is 1.59. The maximum absolute atomic E-state index is 13.5. The third-order valence-electron chi connectivity index (χ3n) is 5.31. The van der Waals surface area contributed by atoms with Crippen LogP contribution in [-0.2, 0) is 17.9 Å². The van der Waals surface area contributed by atoms with Gasteiger partial charge in [0.1, 0.15) is 12.3 Å². The first-order valence-electron chi connectivity index (χ1n) is 11.0. The number of hydrogen-bond acceptors (Lipinski definition) is 5. The van der Waals surface area contributed by atoms with Crippen LogP contribution in [0.5, 0.6) is 11.5 Å². The van der Waals surface area contributed by atoms with E-state index in [4.69, 9.17) is 13.9 Å². The second-order valence-electron chi connectivity index (χ2n) is 8.46. The molecule has 0 saturated heterocycles. The molecule has 0 spiro atoms. The minimum atomic E-state index is -0.158. The smallest absolute Gasteiger partial charge is 0.254 e. The average molecular weight is 449 g/mol. The van der Waals surface area contributed by atoms with Crippen LogP contribution in [0.2, 0.25) is 0 Å². The summed E-state index contributed by atoms with van der Waals surface area (Å²) in [7, 11) is 0. The number of furan rings is 1. The van der Waals surface area contributed by atoms with Crippen LogP contribution in [-0.4, -0.2) is 41.5 Å². The minimum absolute atomic E-state index is 0.0167. The van der Waals surface area contributed by atoms with Crippen LogP contribution in [0.1, 0.15) is 35.5 Å². The molecule has 0 N–H and O–H groups in total. The summed E-state index contributed by atoms with van der Waals surface area (Å²) in [6.45, 7) is 5.38. The molecule has 0 fully saturated rings. The van der Waals surface area contributed by atoms with Crippen LogP contribution in [0, 0.1) is 5.92 Å². The molecule has 3 aromatic rings. The molecular weight excluding hydrogens is 420 g/mol. The molecule has 0 bridgehead atoms. The first-order chi connectivity index (χ1) is 16.0. The first kappa shape index (κ1) is 22.5. The zero-order valence-electron chi connectivity index (χ0n) is 18.9. The largest absolute Gasteiger partial charge is 0.467 e. The van der Waals surface area contributed by atoms with Gasteiger partial charge in [-0.1, -0.05) is 38.1 Å². The molecule has 0 aliphatic carbocycles. The molecule has 0 atom stereocenters. The van der Waals surface area contributed by atoms with Crippen molar-refractivity contribution >= 4 is 11.8 Å². The van der Waals surface area contributed by atoms with Gasteiger partial charge in [-0.3, -0.25) is 9.59 Å². The Bertz CT molecular complexity index is 1080. The Balaban J connectivity index is 1.54. The first-order valence-corrected chi connectivity index (χ1v) is 11.0. The second-order valence-corrected chi connectivity index (χ2v) is 8.46. The highest BCUT2D eigenvalue weighted by Crippen LogP contribution is 2.33. The van der Waals surface area contributed by atoms with Gasteiger partial charge < -0.3 is 23.7 Å². The monoisotopic (exact) mass is 448 g/mol. The van der Waals surface area contributed by atoms with Gasteiger partial charge in [0.05, 0.1) is 12.8 Å². The summed E-state index contributed by atoms with van der Waals surface area (Å²) >= 11 is 0. The fourth-order valence-corrected chi connectivity index (χ4v) is 3.77. The molecule has 7 nitrogen and oxygen atoms in total. The van der Waals surface area contributed by atoms with Crippen LogP contribution >= 0.6 is 0 Å². The van der Waals surface area contributed by atoms with E-state index in [2.05, 4.69) is 0 Å². The molecule has 2 heterocycles. The van der Waals surface area contributed by atoms with Crippen molar-refractivity contribution in [3.63, 3.8) is 0 Å². The Morgan fingerprint density at radius 2 is 1.70 bits per heavy atom. The standard InChI is InChI=1S/C26H28N2O5/c1-19(2)14-28(26(30)21-7-4-3-5-8-21)17-25(29)27(16-22-9-6-12-31-22)15-20-10-11-23-24(13-20)33-18-32-23/h3-13,19H,14-18H2,1-2H3. The van der Waals surface area contributed by atoms with Crippen molar-refractivity contribution in [2.24, 2.45) is 5.92 Å². The normalized spacial score (nSPS) is 12.1. The van der Waals surface area contributed by atoms with E-state index in [1.807, 2.05) is 56.3 Å². The molecule has 2 amide bonds. The minimum Gasteiger partial charge on any atom is -0.467 e. The molecule has 7 heteroatoms. The van der Waals surface area contributed by atoms with Gasteiger partial charge in [0.15, 0.2) is 11.5 Å². The fraction of sp³-hybridized carbons (Fsp3) is 0.308. The Hall–Kier alpha value is -3.74. The number of rotatable bonds is 9. The number of carbonyl (C=O) groups excluding carboxylic acids is 2. The quantitative estimate of drug-likeness (QED) is 0.487. The summed E-state index contributed by atoms with van der Waals surface area (Å²) in [6, 6.07) is 18.3. The fourth-order valence-electron chi connectivity index (χ4n) is 3.77. The maximum atomic E-state index is 13.5. The van der Waals surface area contributed by atoms with Crippen molar-refractivity contribution in [1.29, 1.82) is 0 Å². The third-order valence-corrected chi connectivity index (χ3v) is 5.31. The Kier molecular flexibility index (Phi) is 6.98. The maximum Gasteiger partial charge on any atom is 0.254 e. The molecule has 0 unspecified atom stereocenters. The number of hydrogen-bond donors (Lipinski definition) is 0. The summed E-state index contributed by atoms with van der Waals surface area (Å²) in [5.41, 5.74) is 1.48. The van der Waals surface area contributed by atoms with Crippen LogP contribution in [0.15, 0.2) is 71.3 Å². The van der Waals surface area contributed by atoms with Crippen molar-refractivity contribution in [3.8, 4) is 11.5 Å². The Morgan fingerprint density at radius 3 is 2.42 bits per heavy atom. The van der Waals surface area contributed by atoms with Crippen molar-refractivity contribution < 1.29 is 23.5 Å². The molecule has 0 saturated carbocycles. The van der Waals surface area contributed by atoms with Gasteiger partial charge in [-0.2, -0.15) is 0 Å². The molecule has 0 radical (unpaired) electrons. The van der Waals surface area contributed by atoms with E-state index in [0.29, 0.717) is 42.5 Å².